The van der Waals surface area contributed by atoms with Crippen molar-refractivity contribution in [3.8, 4) is 0 Å². The van der Waals surface area contributed by atoms with E-state index in [2.05, 4.69) is 51.7 Å². The zero-order chi connectivity index (χ0) is 10.3. The van der Waals surface area contributed by atoms with Crippen molar-refractivity contribution in [1.29, 1.82) is 0 Å². The smallest absolute Gasteiger partial charge is 0.232 e. The average Bonchev–Trinajstić information content (AvgIpc) is 2.28. The topological polar surface area (TPSA) is 38.9 Å². The Morgan fingerprint density at radius 1 is 0.923 bits per heavy atom. The van der Waals surface area contributed by atoms with E-state index in [1.807, 2.05) is 0 Å². The molecule has 0 N–H and O–H groups in total. The zero-order valence-electron chi connectivity index (χ0n) is 9.30. The van der Waals surface area contributed by atoms with Gasteiger partial charge >= 0.3 is 0 Å². The van der Waals surface area contributed by atoms with E-state index >= 15 is 0 Å². The van der Waals surface area contributed by atoms with Crippen LogP contribution in [0.2, 0.25) is 0 Å². The van der Waals surface area contributed by atoms with Crippen molar-refractivity contribution in [3.63, 3.8) is 0 Å². The molecular formula is C10H18N2O. The Morgan fingerprint density at radius 3 is 1.69 bits per heavy atom. The summed E-state index contributed by atoms with van der Waals surface area (Å²) in [4.78, 5) is 4.38. The van der Waals surface area contributed by atoms with E-state index in [1.165, 1.54) is 0 Å². The molecule has 0 aliphatic heterocycles. The maximum Gasteiger partial charge on any atom is 0.232 e. The van der Waals surface area contributed by atoms with Gasteiger partial charge in [0.25, 0.3) is 0 Å². The normalized spacial score (nSPS) is 13.4. The maximum atomic E-state index is 5.19. The third kappa shape index (κ3) is 2.29. The van der Waals surface area contributed by atoms with Crippen molar-refractivity contribution >= 4 is 0 Å². The van der Waals surface area contributed by atoms with Crippen molar-refractivity contribution in [1.82, 2.24) is 10.1 Å². The lowest BCUT2D eigenvalue weighted by atomic mass is 9.94. The Hall–Kier alpha value is -0.860. The van der Waals surface area contributed by atoms with Gasteiger partial charge in [-0.3, -0.25) is 0 Å². The highest BCUT2D eigenvalue weighted by Crippen LogP contribution is 2.24. The van der Waals surface area contributed by atoms with Crippen LogP contribution in [-0.4, -0.2) is 10.1 Å². The lowest BCUT2D eigenvalue weighted by molar-refractivity contribution is 0.314. The summed E-state index contributed by atoms with van der Waals surface area (Å²) in [5, 5.41) is 3.97. The third-order valence-corrected chi connectivity index (χ3v) is 1.74. The Bertz CT molecular complexity index is 260. The SMILES string of the molecule is CC(C)(C)c1noc(C(C)(C)C)n1. The molecule has 0 saturated carbocycles. The second kappa shape index (κ2) is 2.82. The van der Waals surface area contributed by atoms with E-state index in [0.29, 0.717) is 5.89 Å². The molecule has 0 amide bonds. The van der Waals surface area contributed by atoms with Crippen LogP contribution in [-0.2, 0) is 10.8 Å². The van der Waals surface area contributed by atoms with Crippen LogP contribution in [0.15, 0.2) is 4.52 Å². The van der Waals surface area contributed by atoms with E-state index in [4.69, 9.17) is 4.52 Å². The summed E-state index contributed by atoms with van der Waals surface area (Å²) in [6.07, 6.45) is 0. The van der Waals surface area contributed by atoms with Gasteiger partial charge < -0.3 is 4.52 Å². The van der Waals surface area contributed by atoms with Crippen LogP contribution in [0.1, 0.15) is 53.3 Å². The van der Waals surface area contributed by atoms with E-state index in [-0.39, 0.29) is 10.8 Å². The predicted molar refractivity (Wildman–Crippen MR) is 51.7 cm³/mol. The Labute approximate surface area is 79.5 Å². The van der Waals surface area contributed by atoms with Gasteiger partial charge in [-0.1, -0.05) is 46.7 Å². The molecule has 0 radical (unpaired) electrons. The Kier molecular flexibility index (Phi) is 2.22. The largest absolute Gasteiger partial charge is 0.339 e. The molecule has 0 aliphatic carbocycles. The van der Waals surface area contributed by atoms with Gasteiger partial charge in [-0.05, 0) is 0 Å². The van der Waals surface area contributed by atoms with Gasteiger partial charge in [0.15, 0.2) is 5.82 Å². The molecule has 0 spiro atoms. The first-order chi connectivity index (χ1) is 5.71. The van der Waals surface area contributed by atoms with Gasteiger partial charge in [0, 0.05) is 10.8 Å². The molecule has 0 atom stereocenters. The zero-order valence-corrected chi connectivity index (χ0v) is 9.30. The predicted octanol–water partition coefficient (Wildman–Crippen LogP) is 2.66. The second-order valence-electron chi connectivity index (χ2n) is 5.42. The summed E-state index contributed by atoms with van der Waals surface area (Å²) in [6, 6.07) is 0. The minimum Gasteiger partial charge on any atom is -0.339 e. The van der Waals surface area contributed by atoms with Crippen molar-refractivity contribution in [2.24, 2.45) is 0 Å². The van der Waals surface area contributed by atoms with Gasteiger partial charge in [-0.25, -0.2) is 0 Å². The highest BCUT2D eigenvalue weighted by molar-refractivity contribution is 5.04. The summed E-state index contributed by atoms with van der Waals surface area (Å²) >= 11 is 0. The summed E-state index contributed by atoms with van der Waals surface area (Å²) in [5.41, 5.74) is -0.0938. The van der Waals surface area contributed by atoms with Crippen LogP contribution in [0.4, 0.5) is 0 Å². The molecule has 3 heteroatoms. The molecule has 3 nitrogen and oxygen atoms in total. The molecule has 1 rings (SSSR count). The molecule has 0 aliphatic rings. The highest BCUT2D eigenvalue weighted by Gasteiger charge is 2.26. The molecule has 0 aromatic carbocycles. The summed E-state index contributed by atoms with van der Waals surface area (Å²) in [7, 11) is 0. The monoisotopic (exact) mass is 182 g/mol. The fourth-order valence-corrected chi connectivity index (χ4v) is 0.833. The van der Waals surface area contributed by atoms with E-state index < -0.39 is 0 Å². The molecule has 1 heterocycles. The van der Waals surface area contributed by atoms with Gasteiger partial charge in [0.05, 0.1) is 0 Å². The number of hydrogen-bond acceptors (Lipinski definition) is 3. The molecule has 13 heavy (non-hydrogen) atoms. The van der Waals surface area contributed by atoms with Crippen LogP contribution in [0, 0.1) is 0 Å². The third-order valence-electron chi connectivity index (χ3n) is 1.74. The fraction of sp³-hybridized carbons (Fsp3) is 0.800. The highest BCUT2D eigenvalue weighted by atomic mass is 16.5. The second-order valence-corrected chi connectivity index (χ2v) is 5.42. The lowest BCUT2D eigenvalue weighted by Crippen LogP contribution is -2.15. The van der Waals surface area contributed by atoms with Crippen molar-refractivity contribution in [3.05, 3.63) is 11.7 Å². The first-order valence-electron chi connectivity index (χ1n) is 4.56. The van der Waals surface area contributed by atoms with Crippen LogP contribution in [0.5, 0.6) is 0 Å². The lowest BCUT2D eigenvalue weighted by Gasteiger charge is -2.13. The number of rotatable bonds is 0. The quantitative estimate of drug-likeness (QED) is 0.619. The number of hydrogen-bond donors (Lipinski definition) is 0. The Balaban J connectivity index is 3.01. The van der Waals surface area contributed by atoms with Crippen LogP contribution >= 0.6 is 0 Å². The molecule has 1 aromatic heterocycles. The molecule has 0 fully saturated rings. The first-order valence-corrected chi connectivity index (χ1v) is 4.56. The molecular weight excluding hydrogens is 164 g/mol. The number of aromatic nitrogens is 2. The summed E-state index contributed by atoms with van der Waals surface area (Å²) in [5.74, 6) is 1.48. The average molecular weight is 182 g/mol. The van der Waals surface area contributed by atoms with Crippen molar-refractivity contribution in [2.45, 2.75) is 52.4 Å². The molecule has 74 valence electrons. The fourth-order valence-electron chi connectivity index (χ4n) is 0.833. The molecule has 0 unspecified atom stereocenters. The first kappa shape index (κ1) is 10.2. The van der Waals surface area contributed by atoms with Crippen molar-refractivity contribution < 1.29 is 4.52 Å². The van der Waals surface area contributed by atoms with E-state index in [1.54, 1.807) is 0 Å². The van der Waals surface area contributed by atoms with E-state index in [9.17, 15) is 0 Å². The van der Waals surface area contributed by atoms with Crippen molar-refractivity contribution in [2.75, 3.05) is 0 Å². The number of nitrogens with zero attached hydrogens (tertiary/aromatic N) is 2. The summed E-state index contributed by atoms with van der Waals surface area (Å²) < 4.78 is 5.19. The van der Waals surface area contributed by atoms with Gasteiger partial charge in [-0.15, -0.1) is 0 Å². The van der Waals surface area contributed by atoms with Crippen LogP contribution in [0.3, 0.4) is 0 Å². The van der Waals surface area contributed by atoms with Gasteiger partial charge in [0.2, 0.25) is 5.89 Å². The van der Waals surface area contributed by atoms with Gasteiger partial charge in [0.1, 0.15) is 0 Å². The van der Waals surface area contributed by atoms with Gasteiger partial charge in [-0.2, -0.15) is 4.98 Å². The van der Waals surface area contributed by atoms with E-state index in [0.717, 1.165) is 5.82 Å². The summed E-state index contributed by atoms with van der Waals surface area (Å²) in [6.45, 7) is 12.4. The minimum atomic E-state index is -0.0590. The standard InChI is InChI=1S/C10H18N2O/c1-9(2,3)7-11-8(13-12-7)10(4,5)6/h1-6H3. The van der Waals surface area contributed by atoms with Crippen LogP contribution in [0.25, 0.3) is 0 Å². The molecule has 1 aromatic rings. The van der Waals surface area contributed by atoms with Crippen LogP contribution < -0.4 is 0 Å². The molecule has 0 saturated heterocycles. The molecule has 0 bridgehead atoms. The minimum absolute atomic E-state index is 0.0347. The Morgan fingerprint density at radius 2 is 1.46 bits per heavy atom. The maximum absolute atomic E-state index is 5.19.